The van der Waals surface area contributed by atoms with E-state index in [0.29, 0.717) is 32.5 Å². The molecule has 3 heteroatoms. The van der Waals surface area contributed by atoms with Crippen molar-refractivity contribution in [2.24, 2.45) is 5.92 Å². The molecule has 1 rings (SSSR count). The van der Waals surface area contributed by atoms with Crippen LogP contribution in [0, 0.1) is 17.2 Å². The maximum atomic E-state index is 13.1. The van der Waals surface area contributed by atoms with E-state index in [-0.39, 0.29) is 5.92 Å². The lowest BCUT2D eigenvalue weighted by atomic mass is 9.96. The van der Waals surface area contributed by atoms with Gasteiger partial charge in [0.1, 0.15) is 6.17 Å². The molecule has 0 aliphatic carbocycles. The van der Waals surface area contributed by atoms with Gasteiger partial charge < -0.3 is 4.74 Å². The van der Waals surface area contributed by atoms with E-state index in [4.69, 9.17) is 10.00 Å². The second-order valence-corrected chi connectivity index (χ2v) is 2.83. The van der Waals surface area contributed by atoms with E-state index in [9.17, 15) is 4.39 Å². The summed E-state index contributed by atoms with van der Waals surface area (Å²) in [6, 6.07) is 2.00. The van der Waals surface area contributed by atoms with Gasteiger partial charge in [0.05, 0.1) is 6.07 Å². The number of hydrogen-bond donors (Lipinski definition) is 0. The first kappa shape index (κ1) is 8.48. The molecule has 2 nitrogen and oxygen atoms in total. The molecule has 0 radical (unpaired) electrons. The van der Waals surface area contributed by atoms with Gasteiger partial charge >= 0.3 is 0 Å². The largest absolute Gasteiger partial charge is 0.381 e. The number of halogens is 1. The SMILES string of the molecule is N#CCC1CCOCCC1F. The predicted octanol–water partition coefficient (Wildman–Crippen LogP) is 1.66. The van der Waals surface area contributed by atoms with Gasteiger partial charge in [0.15, 0.2) is 0 Å². The highest BCUT2D eigenvalue weighted by molar-refractivity contribution is 4.81. The van der Waals surface area contributed by atoms with Crippen LogP contribution in [0.2, 0.25) is 0 Å². The number of rotatable bonds is 1. The first-order valence-corrected chi connectivity index (χ1v) is 3.93. The van der Waals surface area contributed by atoms with Crippen molar-refractivity contribution >= 4 is 0 Å². The van der Waals surface area contributed by atoms with Gasteiger partial charge in [-0.2, -0.15) is 5.26 Å². The Bertz CT molecular complexity index is 155. The van der Waals surface area contributed by atoms with E-state index in [1.165, 1.54) is 0 Å². The van der Waals surface area contributed by atoms with Gasteiger partial charge in [0.25, 0.3) is 0 Å². The van der Waals surface area contributed by atoms with E-state index in [0.717, 1.165) is 0 Å². The van der Waals surface area contributed by atoms with Crippen LogP contribution in [0.15, 0.2) is 0 Å². The van der Waals surface area contributed by atoms with E-state index in [2.05, 4.69) is 0 Å². The molecule has 11 heavy (non-hydrogen) atoms. The quantitative estimate of drug-likeness (QED) is 0.580. The molecule has 62 valence electrons. The summed E-state index contributed by atoms with van der Waals surface area (Å²) in [6.45, 7) is 1.11. The van der Waals surface area contributed by atoms with Gasteiger partial charge in [-0.25, -0.2) is 4.39 Å². The molecule has 0 amide bonds. The summed E-state index contributed by atoms with van der Waals surface area (Å²) in [5.74, 6) is -0.0949. The van der Waals surface area contributed by atoms with Crippen LogP contribution in [-0.4, -0.2) is 19.4 Å². The first-order chi connectivity index (χ1) is 5.34. The van der Waals surface area contributed by atoms with Crippen LogP contribution >= 0.6 is 0 Å². The van der Waals surface area contributed by atoms with Crippen molar-refractivity contribution in [3.8, 4) is 6.07 Å². The third-order valence-corrected chi connectivity index (χ3v) is 2.04. The molecular formula is C8H12FNO. The monoisotopic (exact) mass is 157 g/mol. The average Bonchev–Trinajstić information content (AvgIpc) is 2.18. The molecule has 0 spiro atoms. The van der Waals surface area contributed by atoms with Gasteiger partial charge in [-0.15, -0.1) is 0 Å². The second kappa shape index (κ2) is 4.30. The third-order valence-electron chi connectivity index (χ3n) is 2.04. The van der Waals surface area contributed by atoms with Crippen molar-refractivity contribution in [1.82, 2.24) is 0 Å². The Morgan fingerprint density at radius 3 is 2.91 bits per heavy atom. The van der Waals surface area contributed by atoms with Gasteiger partial charge in [-0.3, -0.25) is 0 Å². The van der Waals surface area contributed by atoms with E-state index in [1.807, 2.05) is 6.07 Å². The van der Waals surface area contributed by atoms with Crippen molar-refractivity contribution < 1.29 is 9.13 Å². The first-order valence-electron chi connectivity index (χ1n) is 3.93. The van der Waals surface area contributed by atoms with Crippen LogP contribution in [0.3, 0.4) is 0 Å². The molecule has 1 aliphatic heterocycles. The fourth-order valence-corrected chi connectivity index (χ4v) is 1.30. The summed E-state index contributed by atoms with van der Waals surface area (Å²) in [7, 11) is 0. The van der Waals surface area contributed by atoms with Crippen LogP contribution in [0.5, 0.6) is 0 Å². The van der Waals surface area contributed by atoms with Crippen LogP contribution in [0.4, 0.5) is 4.39 Å². The van der Waals surface area contributed by atoms with Crippen LogP contribution in [-0.2, 0) is 4.74 Å². The van der Waals surface area contributed by atoms with E-state index < -0.39 is 6.17 Å². The minimum atomic E-state index is -0.836. The lowest BCUT2D eigenvalue weighted by Crippen LogP contribution is -2.14. The fourth-order valence-electron chi connectivity index (χ4n) is 1.30. The van der Waals surface area contributed by atoms with Crippen LogP contribution < -0.4 is 0 Å². The minimum Gasteiger partial charge on any atom is -0.381 e. The summed E-state index contributed by atoms with van der Waals surface area (Å²) < 4.78 is 18.2. The maximum absolute atomic E-state index is 13.1. The second-order valence-electron chi connectivity index (χ2n) is 2.83. The zero-order chi connectivity index (χ0) is 8.10. The van der Waals surface area contributed by atoms with E-state index in [1.54, 1.807) is 0 Å². The smallest absolute Gasteiger partial charge is 0.106 e. The Morgan fingerprint density at radius 1 is 1.45 bits per heavy atom. The lowest BCUT2D eigenvalue weighted by Gasteiger charge is -2.12. The molecule has 0 aromatic heterocycles. The van der Waals surface area contributed by atoms with Crippen molar-refractivity contribution in [3.05, 3.63) is 0 Å². The lowest BCUT2D eigenvalue weighted by molar-refractivity contribution is 0.138. The Morgan fingerprint density at radius 2 is 2.18 bits per heavy atom. The molecule has 0 aromatic rings. The van der Waals surface area contributed by atoms with E-state index >= 15 is 0 Å². The molecule has 0 bridgehead atoms. The number of alkyl halides is 1. The van der Waals surface area contributed by atoms with Crippen LogP contribution in [0.1, 0.15) is 19.3 Å². The fraction of sp³-hybridized carbons (Fsp3) is 0.875. The van der Waals surface area contributed by atoms with Gasteiger partial charge in [-0.05, 0) is 6.42 Å². The zero-order valence-corrected chi connectivity index (χ0v) is 6.42. The van der Waals surface area contributed by atoms with Crippen molar-refractivity contribution in [2.45, 2.75) is 25.4 Å². The van der Waals surface area contributed by atoms with Crippen molar-refractivity contribution in [1.29, 1.82) is 5.26 Å². The molecule has 2 unspecified atom stereocenters. The van der Waals surface area contributed by atoms with Gasteiger partial charge in [-0.1, -0.05) is 0 Å². The topological polar surface area (TPSA) is 33.0 Å². The average molecular weight is 157 g/mol. The Hall–Kier alpha value is -0.620. The summed E-state index contributed by atoms with van der Waals surface area (Å²) in [5.41, 5.74) is 0. The molecule has 1 heterocycles. The maximum Gasteiger partial charge on any atom is 0.106 e. The zero-order valence-electron chi connectivity index (χ0n) is 6.42. The molecular weight excluding hydrogens is 145 g/mol. The summed E-state index contributed by atoms with van der Waals surface area (Å²) in [5, 5.41) is 8.37. The molecule has 2 atom stereocenters. The van der Waals surface area contributed by atoms with Gasteiger partial charge in [0, 0.05) is 32.0 Å². The highest BCUT2D eigenvalue weighted by Gasteiger charge is 2.22. The molecule has 1 aliphatic rings. The Kier molecular flexibility index (Phi) is 3.31. The standard InChI is InChI=1S/C8H12FNO/c9-8-3-6-11-5-2-7(8)1-4-10/h7-8H,1-3,5-6H2. The van der Waals surface area contributed by atoms with Crippen molar-refractivity contribution in [3.63, 3.8) is 0 Å². The minimum absolute atomic E-state index is 0.0949. The number of ether oxygens (including phenoxy) is 1. The van der Waals surface area contributed by atoms with Crippen LogP contribution in [0.25, 0.3) is 0 Å². The Labute approximate surface area is 66.0 Å². The highest BCUT2D eigenvalue weighted by atomic mass is 19.1. The predicted molar refractivity (Wildman–Crippen MR) is 38.7 cm³/mol. The molecule has 0 N–H and O–H groups in total. The molecule has 0 aromatic carbocycles. The number of nitriles is 1. The normalized spacial score (nSPS) is 32.4. The molecule has 1 fully saturated rings. The molecule has 1 saturated heterocycles. The summed E-state index contributed by atoms with van der Waals surface area (Å²) in [4.78, 5) is 0. The van der Waals surface area contributed by atoms with Gasteiger partial charge in [0.2, 0.25) is 0 Å². The Balaban J connectivity index is 2.40. The third kappa shape index (κ3) is 2.47. The molecule has 0 saturated carbocycles. The van der Waals surface area contributed by atoms with Crippen molar-refractivity contribution in [2.75, 3.05) is 13.2 Å². The summed E-state index contributed by atoms with van der Waals surface area (Å²) >= 11 is 0. The highest BCUT2D eigenvalue weighted by Crippen LogP contribution is 2.22. The number of hydrogen-bond acceptors (Lipinski definition) is 2. The summed E-state index contributed by atoms with van der Waals surface area (Å²) in [6.07, 6.45) is 0.628. The number of nitrogens with zero attached hydrogens (tertiary/aromatic N) is 1.